The number of rotatable bonds is 3. The SMILES string of the molecule is Fc1cc(OC2CCC2)cc(C(F)F)c1. The van der Waals surface area contributed by atoms with E-state index >= 15 is 0 Å². The predicted molar refractivity (Wildman–Crippen MR) is 49.6 cm³/mol. The van der Waals surface area contributed by atoms with Crippen LogP contribution in [0.15, 0.2) is 18.2 Å². The maximum Gasteiger partial charge on any atom is 0.264 e. The Morgan fingerprint density at radius 2 is 1.93 bits per heavy atom. The van der Waals surface area contributed by atoms with Crippen molar-refractivity contribution in [2.45, 2.75) is 31.8 Å². The third-order valence-corrected chi connectivity index (χ3v) is 2.50. The van der Waals surface area contributed by atoms with Gasteiger partial charge in [-0.1, -0.05) is 0 Å². The molecule has 0 heterocycles. The summed E-state index contributed by atoms with van der Waals surface area (Å²) in [7, 11) is 0. The minimum Gasteiger partial charge on any atom is -0.490 e. The molecular formula is C11H11F3O. The van der Waals surface area contributed by atoms with Crippen molar-refractivity contribution in [1.29, 1.82) is 0 Å². The summed E-state index contributed by atoms with van der Waals surface area (Å²) in [5, 5.41) is 0. The third kappa shape index (κ3) is 2.43. The molecule has 82 valence electrons. The van der Waals surface area contributed by atoms with Crippen LogP contribution in [0.3, 0.4) is 0 Å². The molecule has 0 saturated heterocycles. The van der Waals surface area contributed by atoms with Crippen LogP contribution in [0.4, 0.5) is 13.2 Å². The van der Waals surface area contributed by atoms with Crippen LogP contribution in [0.5, 0.6) is 5.75 Å². The molecule has 0 radical (unpaired) electrons. The van der Waals surface area contributed by atoms with Gasteiger partial charge in [0.25, 0.3) is 6.43 Å². The van der Waals surface area contributed by atoms with E-state index in [1.807, 2.05) is 0 Å². The van der Waals surface area contributed by atoms with Crippen LogP contribution in [0.25, 0.3) is 0 Å². The van der Waals surface area contributed by atoms with Crippen LogP contribution < -0.4 is 4.74 Å². The number of hydrogen-bond acceptors (Lipinski definition) is 1. The lowest BCUT2D eigenvalue weighted by atomic mass is 9.96. The van der Waals surface area contributed by atoms with E-state index in [0.29, 0.717) is 0 Å². The zero-order valence-electron chi connectivity index (χ0n) is 8.05. The maximum absolute atomic E-state index is 12.9. The highest BCUT2D eigenvalue weighted by atomic mass is 19.3. The van der Waals surface area contributed by atoms with Crippen molar-refractivity contribution in [2.75, 3.05) is 0 Å². The van der Waals surface area contributed by atoms with Crippen LogP contribution in [0.1, 0.15) is 31.3 Å². The van der Waals surface area contributed by atoms with E-state index in [-0.39, 0.29) is 17.4 Å². The fourth-order valence-corrected chi connectivity index (χ4v) is 1.46. The molecule has 0 unspecified atom stereocenters. The van der Waals surface area contributed by atoms with Gasteiger partial charge in [-0.05, 0) is 31.4 Å². The van der Waals surface area contributed by atoms with Gasteiger partial charge in [-0.25, -0.2) is 13.2 Å². The van der Waals surface area contributed by atoms with Gasteiger partial charge >= 0.3 is 0 Å². The Morgan fingerprint density at radius 3 is 2.47 bits per heavy atom. The van der Waals surface area contributed by atoms with E-state index in [2.05, 4.69) is 0 Å². The summed E-state index contributed by atoms with van der Waals surface area (Å²) in [6.07, 6.45) is 0.324. The summed E-state index contributed by atoms with van der Waals surface area (Å²) in [4.78, 5) is 0. The second-order valence-electron chi connectivity index (χ2n) is 3.69. The highest BCUT2D eigenvalue weighted by Crippen LogP contribution is 2.29. The summed E-state index contributed by atoms with van der Waals surface area (Å²) in [5.74, 6) is -0.475. The molecule has 0 atom stereocenters. The van der Waals surface area contributed by atoms with Crippen LogP contribution in [-0.4, -0.2) is 6.10 Å². The van der Waals surface area contributed by atoms with Crippen LogP contribution in [0, 0.1) is 5.82 Å². The number of benzene rings is 1. The zero-order valence-corrected chi connectivity index (χ0v) is 8.05. The standard InChI is InChI=1S/C11H11F3O/c12-8-4-7(11(13)14)5-10(6-8)15-9-2-1-3-9/h4-6,9,11H,1-3H2. The Bertz CT molecular complexity index is 348. The highest BCUT2D eigenvalue weighted by Gasteiger charge is 2.20. The Labute approximate surface area is 85.9 Å². The Balaban J connectivity index is 2.15. The van der Waals surface area contributed by atoms with Gasteiger partial charge in [0.15, 0.2) is 0 Å². The molecule has 1 aromatic carbocycles. The number of ether oxygens (including phenoxy) is 1. The van der Waals surface area contributed by atoms with E-state index in [9.17, 15) is 13.2 Å². The molecule has 1 aliphatic carbocycles. The summed E-state index contributed by atoms with van der Waals surface area (Å²) >= 11 is 0. The van der Waals surface area contributed by atoms with E-state index < -0.39 is 12.2 Å². The van der Waals surface area contributed by atoms with Crippen molar-refractivity contribution < 1.29 is 17.9 Å². The lowest BCUT2D eigenvalue weighted by molar-refractivity contribution is 0.117. The predicted octanol–water partition coefficient (Wildman–Crippen LogP) is 3.69. The first-order valence-electron chi connectivity index (χ1n) is 4.90. The molecule has 1 aliphatic rings. The highest BCUT2D eigenvalue weighted by molar-refractivity contribution is 5.30. The van der Waals surface area contributed by atoms with Gasteiger partial charge in [0.05, 0.1) is 6.10 Å². The van der Waals surface area contributed by atoms with Gasteiger partial charge < -0.3 is 4.74 Å². The van der Waals surface area contributed by atoms with Crippen LogP contribution >= 0.6 is 0 Å². The van der Waals surface area contributed by atoms with E-state index in [4.69, 9.17) is 4.74 Å². The van der Waals surface area contributed by atoms with Gasteiger partial charge in [-0.2, -0.15) is 0 Å². The van der Waals surface area contributed by atoms with Crippen molar-refractivity contribution in [3.63, 3.8) is 0 Å². The number of halogens is 3. The first-order valence-corrected chi connectivity index (χ1v) is 4.90. The average molecular weight is 216 g/mol. The molecule has 0 aromatic heterocycles. The molecule has 0 amide bonds. The normalized spacial score (nSPS) is 16.5. The molecule has 0 aliphatic heterocycles. The fourth-order valence-electron chi connectivity index (χ4n) is 1.46. The molecule has 1 fully saturated rings. The summed E-state index contributed by atoms with van der Waals surface area (Å²) in [6, 6.07) is 3.18. The molecule has 4 heteroatoms. The Hall–Kier alpha value is -1.19. The van der Waals surface area contributed by atoms with E-state index in [1.165, 1.54) is 6.07 Å². The van der Waals surface area contributed by atoms with E-state index in [0.717, 1.165) is 31.4 Å². The van der Waals surface area contributed by atoms with Crippen molar-refractivity contribution in [3.05, 3.63) is 29.6 Å². The summed E-state index contributed by atoms with van der Waals surface area (Å²) < 4.78 is 43.0. The van der Waals surface area contributed by atoms with Crippen LogP contribution in [-0.2, 0) is 0 Å². The largest absolute Gasteiger partial charge is 0.490 e. The smallest absolute Gasteiger partial charge is 0.264 e. The summed E-state index contributed by atoms with van der Waals surface area (Å²) in [5.41, 5.74) is -0.329. The zero-order chi connectivity index (χ0) is 10.8. The molecule has 0 spiro atoms. The van der Waals surface area contributed by atoms with Gasteiger partial charge in [-0.15, -0.1) is 0 Å². The van der Waals surface area contributed by atoms with Crippen LogP contribution in [0.2, 0.25) is 0 Å². The molecule has 15 heavy (non-hydrogen) atoms. The Kier molecular flexibility index (Phi) is 2.84. The lowest BCUT2D eigenvalue weighted by Crippen LogP contribution is -2.24. The molecular weight excluding hydrogens is 205 g/mol. The van der Waals surface area contributed by atoms with Crippen molar-refractivity contribution in [2.24, 2.45) is 0 Å². The second-order valence-corrected chi connectivity index (χ2v) is 3.69. The van der Waals surface area contributed by atoms with E-state index in [1.54, 1.807) is 0 Å². The first kappa shape index (κ1) is 10.3. The topological polar surface area (TPSA) is 9.23 Å². The molecule has 2 rings (SSSR count). The molecule has 0 N–H and O–H groups in total. The third-order valence-electron chi connectivity index (χ3n) is 2.50. The van der Waals surface area contributed by atoms with Gasteiger partial charge in [0.1, 0.15) is 11.6 Å². The average Bonchev–Trinajstić information content (AvgIpc) is 2.10. The van der Waals surface area contributed by atoms with Gasteiger partial charge in [-0.3, -0.25) is 0 Å². The maximum atomic E-state index is 12.9. The second kappa shape index (κ2) is 4.13. The molecule has 0 bridgehead atoms. The van der Waals surface area contributed by atoms with Crippen molar-refractivity contribution in [1.82, 2.24) is 0 Å². The van der Waals surface area contributed by atoms with Crippen molar-refractivity contribution in [3.8, 4) is 5.75 Å². The first-order chi connectivity index (χ1) is 7.15. The number of alkyl halides is 2. The fraction of sp³-hybridized carbons (Fsp3) is 0.455. The number of hydrogen-bond donors (Lipinski definition) is 0. The quantitative estimate of drug-likeness (QED) is 0.748. The summed E-state index contributed by atoms with van der Waals surface area (Å²) in [6.45, 7) is 0. The lowest BCUT2D eigenvalue weighted by Gasteiger charge is -2.26. The molecule has 1 aromatic rings. The minimum absolute atomic E-state index is 0.0670. The molecule has 1 saturated carbocycles. The monoisotopic (exact) mass is 216 g/mol. The van der Waals surface area contributed by atoms with Gasteiger partial charge in [0, 0.05) is 11.6 Å². The minimum atomic E-state index is -2.66. The Morgan fingerprint density at radius 1 is 1.20 bits per heavy atom. The van der Waals surface area contributed by atoms with Gasteiger partial charge in [0.2, 0.25) is 0 Å². The molecule has 1 nitrogen and oxygen atoms in total. The van der Waals surface area contributed by atoms with Crippen molar-refractivity contribution >= 4 is 0 Å².